The van der Waals surface area contributed by atoms with Gasteiger partial charge in [0.15, 0.2) is 23.2 Å². The van der Waals surface area contributed by atoms with Gasteiger partial charge in [0, 0.05) is 18.2 Å². The number of fused-ring (bicyclic) bond motifs is 1. The van der Waals surface area contributed by atoms with Gasteiger partial charge < -0.3 is 25.4 Å². The highest BCUT2D eigenvalue weighted by atomic mass is 16.6. The van der Waals surface area contributed by atoms with Crippen molar-refractivity contribution in [1.29, 1.82) is 0 Å². The Bertz CT molecular complexity index is 1090. The number of aliphatic hydroxyl groups excluding tert-OH is 3. The fourth-order valence-electron chi connectivity index (χ4n) is 3.49. The molecule has 0 amide bonds. The third-order valence-electron chi connectivity index (χ3n) is 5.03. The molecule has 1 aromatic carbocycles. The number of aromatic nitrogens is 4. The number of nitro groups is 1. The van der Waals surface area contributed by atoms with E-state index in [0.717, 1.165) is 5.56 Å². The lowest BCUT2D eigenvalue weighted by Gasteiger charge is -2.16. The minimum absolute atomic E-state index is 0.00422. The minimum atomic E-state index is -1.28. The van der Waals surface area contributed by atoms with Crippen molar-refractivity contribution in [3.8, 4) is 0 Å². The summed E-state index contributed by atoms with van der Waals surface area (Å²) in [4.78, 5) is 23.4. The number of imidazole rings is 1. The molecule has 0 bridgehead atoms. The first kappa shape index (κ1) is 20.1. The molecule has 0 unspecified atom stereocenters. The molecule has 3 heterocycles. The molecule has 4 atom stereocenters. The van der Waals surface area contributed by atoms with Gasteiger partial charge in [-0.2, -0.15) is 0 Å². The van der Waals surface area contributed by atoms with E-state index in [1.807, 2.05) is 6.92 Å². The normalized spacial score (nSPS) is 23.7. The summed E-state index contributed by atoms with van der Waals surface area (Å²) in [5, 5.41) is 43.9. The zero-order valence-electron chi connectivity index (χ0n) is 15.9. The number of nitrogens with one attached hydrogen (secondary N) is 1. The van der Waals surface area contributed by atoms with Crippen LogP contribution in [0.25, 0.3) is 11.2 Å². The van der Waals surface area contributed by atoms with E-state index in [-0.39, 0.29) is 12.2 Å². The quantitative estimate of drug-likeness (QED) is 0.323. The van der Waals surface area contributed by atoms with E-state index in [1.165, 1.54) is 23.3 Å². The molecule has 1 fully saturated rings. The first-order valence-electron chi connectivity index (χ1n) is 9.18. The van der Waals surface area contributed by atoms with Crippen LogP contribution in [0.2, 0.25) is 0 Å². The Morgan fingerprint density at radius 1 is 1.27 bits per heavy atom. The van der Waals surface area contributed by atoms with Crippen molar-refractivity contribution < 1.29 is 25.0 Å². The SMILES string of the molecule is Cc1ccc([N+](=O)[O-])c(CNc2ncnc3c2ncn3[C@@H]2O[C@H](CO)[C@@H](O)[C@H]2O)c1. The number of nitro benzene ring substituents is 1. The summed E-state index contributed by atoms with van der Waals surface area (Å²) in [7, 11) is 0. The number of aliphatic hydroxyl groups is 3. The van der Waals surface area contributed by atoms with Crippen molar-refractivity contribution >= 4 is 22.7 Å². The molecule has 0 aliphatic carbocycles. The molecule has 30 heavy (non-hydrogen) atoms. The first-order chi connectivity index (χ1) is 14.4. The molecule has 2 aromatic heterocycles. The topological polar surface area (TPSA) is 169 Å². The van der Waals surface area contributed by atoms with Crippen molar-refractivity contribution in [3.63, 3.8) is 0 Å². The maximum Gasteiger partial charge on any atom is 0.274 e. The van der Waals surface area contributed by atoms with Crippen LogP contribution in [-0.4, -0.2) is 64.7 Å². The average molecular weight is 416 g/mol. The van der Waals surface area contributed by atoms with E-state index < -0.39 is 36.1 Å². The number of benzene rings is 1. The van der Waals surface area contributed by atoms with E-state index in [4.69, 9.17) is 4.74 Å². The molecule has 1 saturated heterocycles. The highest BCUT2D eigenvalue weighted by molar-refractivity contribution is 5.82. The van der Waals surface area contributed by atoms with Gasteiger partial charge in [0.1, 0.15) is 24.6 Å². The number of ether oxygens (including phenoxy) is 1. The summed E-state index contributed by atoms with van der Waals surface area (Å²) >= 11 is 0. The van der Waals surface area contributed by atoms with Gasteiger partial charge in [-0.15, -0.1) is 0 Å². The number of aryl methyl sites for hydroxylation is 1. The van der Waals surface area contributed by atoms with Gasteiger partial charge in [0.2, 0.25) is 0 Å². The molecular weight excluding hydrogens is 396 g/mol. The molecule has 0 radical (unpaired) electrons. The Labute approximate surface area is 169 Å². The van der Waals surface area contributed by atoms with Gasteiger partial charge in [0.25, 0.3) is 5.69 Å². The predicted molar refractivity (Wildman–Crippen MR) is 103 cm³/mol. The lowest BCUT2D eigenvalue weighted by atomic mass is 10.1. The van der Waals surface area contributed by atoms with Gasteiger partial charge in [0.05, 0.1) is 17.9 Å². The molecule has 12 nitrogen and oxygen atoms in total. The number of hydrogen-bond donors (Lipinski definition) is 4. The monoisotopic (exact) mass is 416 g/mol. The standard InChI is InChI=1S/C18H20N6O6/c1-9-2-3-11(24(28)29)10(4-9)5-19-16-13-17(21-7-20-16)23(8-22-13)18-15(27)14(26)12(6-25)30-18/h2-4,7-8,12,14-15,18,25-27H,5-6H2,1H3,(H,19,20,21)/t12-,14-,15-,18-/m1/s1. The predicted octanol–water partition coefficient (Wildman–Crippen LogP) is 0.267. The van der Waals surface area contributed by atoms with E-state index in [9.17, 15) is 25.4 Å². The zero-order chi connectivity index (χ0) is 21.4. The summed E-state index contributed by atoms with van der Waals surface area (Å²) in [6.07, 6.45) is -1.76. The Hall–Kier alpha value is -3.19. The number of nitrogens with zero attached hydrogens (tertiary/aromatic N) is 5. The lowest BCUT2D eigenvalue weighted by Crippen LogP contribution is -2.33. The lowest BCUT2D eigenvalue weighted by molar-refractivity contribution is -0.385. The second-order valence-corrected chi connectivity index (χ2v) is 7.02. The Balaban J connectivity index is 1.62. The van der Waals surface area contributed by atoms with Crippen molar-refractivity contribution in [2.24, 2.45) is 0 Å². The van der Waals surface area contributed by atoms with Crippen LogP contribution in [-0.2, 0) is 11.3 Å². The van der Waals surface area contributed by atoms with Crippen LogP contribution in [0.15, 0.2) is 30.9 Å². The maximum absolute atomic E-state index is 11.3. The van der Waals surface area contributed by atoms with Crippen LogP contribution < -0.4 is 5.32 Å². The molecule has 0 spiro atoms. The Morgan fingerprint density at radius 2 is 2.07 bits per heavy atom. The molecule has 0 saturated carbocycles. The van der Waals surface area contributed by atoms with E-state index >= 15 is 0 Å². The van der Waals surface area contributed by atoms with Crippen LogP contribution in [0.3, 0.4) is 0 Å². The summed E-state index contributed by atoms with van der Waals surface area (Å²) in [6, 6.07) is 4.85. The van der Waals surface area contributed by atoms with Gasteiger partial charge in [-0.1, -0.05) is 11.6 Å². The highest BCUT2D eigenvalue weighted by Gasteiger charge is 2.44. The number of anilines is 1. The van der Waals surface area contributed by atoms with Crippen molar-refractivity contribution in [2.45, 2.75) is 38.0 Å². The summed E-state index contributed by atoms with van der Waals surface area (Å²) in [5.41, 5.74) is 2.08. The van der Waals surface area contributed by atoms with Crippen molar-refractivity contribution in [2.75, 3.05) is 11.9 Å². The van der Waals surface area contributed by atoms with Gasteiger partial charge in [-0.05, 0) is 13.0 Å². The fourth-order valence-corrected chi connectivity index (χ4v) is 3.49. The van der Waals surface area contributed by atoms with E-state index in [2.05, 4.69) is 20.3 Å². The molecule has 4 N–H and O–H groups in total. The van der Waals surface area contributed by atoms with Crippen molar-refractivity contribution in [1.82, 2.24) is 19.5 Å². The summed E-state index contributed by atoms with van der Waals surface area (Å²) in [5.74, 6) is 0.348. The van der Waals surface area contributed by atoms with Gasteiger partial charge >= 0.3 is 0 Å². The largest absolute Gasteiger partial charge is 0.394 e. The van der Waals surface area contributed by atoms with Crippen LogP contribution in [0.4, 0.5) is 11.5 Å². The maximum atomic E-state index is 11.3. The van der Waals surface area contributed by atoms with Gasteiger partial charge in [-0.25, -0.2) is 15.0 Å². The molecule has 4 rings (SSSR count). The van der Waals surface area contributed by atoms with Gasteiger partial charge in [-0.3, -0.25) is 14.7 Å². The zero-order valence-corrected chi connectivity index (χ0v) is 15.9. The average Bonchev–Trinajstić information content (AvgIpc) is 3.27. The second kappa shape index (κ2) is 7.91. The second-order valence-electron chi connectivity index (χ2n) is 7.02. The van der Waals surface area contributed by atoms with Crippen LogP contribution in [0, 0.1) is 17.0 Å². The third-order valence-corrected chi connectivity index (χ3v) is 5.03. The summed E-state index contributed by atoms with van der Waals surface area (Å²) < 4.78 is 6.97. The van der Waals surface area contributed by atoms with Crippen LogP contribution in [0.5, 0.6) is 0 Å². The van der Waals surface area contributed by atoms with Crippen LogP contribution >= 0.6 is 0 Å². The van der Waals surface area contributed by atoms with E-state index in [0.29, 0.717) is 22.5 Å². The Morgan fingerprint density at radius 3 is 2.77 bits per heavy atom. The highest BCUT2D eigenvalue weighted by Crippen LogP contribution is 2.32. The first-order valence-corrected chi connectivity index (χ1v) is 9.18. The van der Waals surface area contributed by atoms with Crippen LogP contribution in [0.1, 0.15) is 17.4 Å². The molecule has 3 aromatic rings. The van der Waals surface area contributed by atoms with Crippen molar-refractivity contribution in [3.05, 3.63) is 52.1 Å². The fraction of sp³-hybridized carbons (Fsp3) is 0.389. The molecular formula is C18H20N6O6. The number of hydrogen-bond acceptors (Lipinski definition) is 10. The third kappa shape index (κ3) is 3.45. The van der Waals surface area contributed by atoms with E-state index in [1.54, 1.807) is 12.1 Å². The summed E-state index contributed by atoms with van der Waals surface area (Å²) in [6.45, 7) is 1.54. The molecule has 1 aliphatic rings. The molecule has 12 heteroatoms. The smallest absolute Gasteiger partial charge is 0.274 e. The molecule has 158 valence electrons. The Kier molecular flexibility index (Phi) is 5.30. The molecule has 1 aliphatic heterocycles. The number of rotatable bonds is 6. The minimum Gasteiger partial charge on any atom is -0.394 e.